The summed E-state index contributed by atoms with van der Waals surface area (Å²) in [4.78, 5) is 8.41. The Labute approximate surface area is 97.8 Å². The van der Waals surface area contributed by atoms with Crippen LogP contribution in [0.3, 0.4) is 0 Å². The highest BCUT2D eigenvalue weighted by Gasteiger charge is 2.11. The van der Waals surface area contributed by atoms with Crippen LogP contribution in [0.1, 0.15) is 46.0 Å². The molecule has 0 saturated heterocycles. The molecular formula is C12H22N2O2. The average Bonchev–Trinajstić information content (AvgIpc) is 2.30. The molecule has 4 nitrogen and oxygen atoms in total. The van der Waals surface area contributed by atoms with E-state index in [1.807, 2.05) is 0 Å². The highest BCUT2D eigenvalue weighted by atomic mass is 16.5. The number of hydrogen-bond acceptors (Lipinski definition) is 4. The number of ether oxygens (including phenoxy) is 2. The third-order valence-electron chi connectivity index (χ3n) is 2.33. The molecule has 0 unspecified atom stereocenters. The summed E-state index contributed by atoms with van der Waals surface area (Å²) in [6.45, 7) is 6.23. The zero-order chi connectivity index (χ0) is 11.6. The van der Waals surface area contributed by atoms with Crippen molar-refractivity contribution in [2.45, 2.75) is 46.0 Å². The third kappa shape index (κ3) is 5.14. The van der Waals surface area contributed by atoms with Crippen LogP contribution in [0.4, 0.5) is 0 Å². The highest BCUT2D eigenvalue weighted by Crippen LogP contribution is 2.04. The van der Waals surface area contributed by atoms with E-state index in [9.17, 15) is 0 Å². The number of nitrogens with zero attached hydrogens (tertiary/aromatic N) is 2. The van der Waals surface area contributed by atoms with E-state index in [0.717, 1.165) is 50.7 Å². The number of unbranched alkanes of at least 4 members (excludes halogenated alkanes) is 2. The zero-order valence-corrected chi connectivity index (χ0v) is 10.4. The fourth-order valence-electron chi connectivity index (χ4n) is 1.30. The molecule has 16 heavy (non-hydrogen) atoms. The smallest absolute Gasteiger partial charge is 0.194 e. The van der Waals surface area contributed by atoms with E-state index in [4.69, 9.17) is 9.47 Å². The molecule has 1 heterocycles. The van der Waals surface area contributed by atoms with Crippen molar-refractivity contribution in [2.75, 3.05) is 19.9 Å². The molecule has 4 heteroatoms. The van der Waals surface area contributed by atoms with E-state index in [2.05, 4.69) is 23.8 Å². The van der Waals surface area contributed by atoms with Crippen molar-refractivity contribution in [3.05, 3.63) is 0 Å². The summed E-state index contributed by atoms with van der Waals surface area (Å²) in [6.07, 6.45) is 5.04. The van der Waals surface area contributed by atoms with Gasteiger partial charge in [0, 0.05) is 0 Å². The van der Waals surface area contributed by atoms with Crippen molar-refractivity contribution in [1.82, 2.24) is 0 Å². The Bertz CT molecular complexity index is 225. The van der Waals surface area contributed by atoms with Gasteiger partial charge in [0.05, 0.1) is 19.6 Å². The highest BCUT2D eigenvalue weighted by molar-refractivity contribution is 5.98. The lowest BCUT2D eigenvalue weighted by Crippen LogP contribution is -2.19. The Morgan fingerprint density at radius 3 is 1.88 bits per heavy atom. The van der Waals surface area contributed by atoms with Crippen LogP contribution >= 0.6 is 0 Å². The van der Waals surface area contributed by atoms with E-state index < -0.39 is 0 Å². The molecule has 0 aliphatic carbocycles. The van der Waals surface area contributed by atoms with Gasteiger partial charge in [-0.1, -0.05) is 26.7 Å². The molecule has 1 rings (SSSR count). The fraction of sp³-hybridized carbons (Fsp3) is 0.833. The first-order valence-electron chi connectivity index (χ1n) is 6.19. The van der Waals surface area contributed by atoms with Crippen molar-refractivity contribution in [1.29, 1.82) is 0 Å². The minimum absolute atomic E-state index is 0.447. The summed E-state index contributed by atoms with van der Waals surface area (Å²) in [5.74, 6) is 1.55. The first kappa shape index (κ1) is 13.0. The summed E-state index contributed by atoms with van der Waals surface area (Å²) in [5, 5.41) is 0. The normalized spacial score (nSPS) is 15.4. The fourth-order valence-corrected chi connectivity index (χ4v) is 1.30. The van der Waals surface area contributed by atoms with Crippen LogP contribution in [0.25, 0.3) is 0 Å². The van der Waals surface area contributed by atoms with Crippen LogP contribution in [0.5, 0.6) is 0 Å². The van der Waals surface area contributed by atoms with Gasteiger partial charge in [0.25, 0.3) is 0 Å². The van der Waals surface area contributed by atoms with Gasteiger partial charge in [-0.15, -0.1) is 0 Å². The molecule has 0 N–H and O–H groups in total. The molecular weight excluding hydrogens is 204 g/mol. The molecule has 0 aromatic rings. The lowest BCUT2D eigenvalue weighted by atomic mass is 10.3. The summed E-state index contributed by atoms with van der Waals surface area (Å²) >= 11 is 0. The van der Waals surface area contributed by atoms with E-state index in [0.29, 0.717) is 13.1 Å². The van der Waals surface area contributed by atoms with E-state index in [-0.39, 0.29) is 0 Å². The lowest BCUT2D eigenvalue weighted by molar-refractivity contribution is 0.269. The number of aliphatic imine (C=N–C) groups is 2. The molecule has 0 aromatic heterocycles. The molecule has 0 saturated carbocycles. The molecule has 0 spiro atoms. The van der Waals surface area contributed by atoms with Gasteiger partial charge in [-0.25, -0.2) is 9.98 Å². The molecule has 0 aromatic carbocycles. The predicted molar refractivity (Wildman–Crippen MR) is 66.1 cm³/mol. The van der Waals surface area contributed by atoms with Gasteiger partial charge < -0.3 is 9.47 Å². The Morgan fingerprint density at radius 1 is 0.938 bits per heavy atom. The molecule has 0 bridgehead atoms. The predicted octanol–water partition coefficient (Wildman–Crippen LogP) is 2.78. The second-order valence-electron chi connectivity index (χ2n) is 3.83. The van der Waals surface area contributed by atoms with Gasteiger partial charge in [-0.3, -0.25) is 0 Å². The first-order valence-corrected chi connectivity index (χ1v) is 6.19. The minimum atomic E-state index is 0.447. The van der Waals surface area contributed by atoms with Crippen molar-refractivity contribution < 1.29 is 9.47 Å². The minimum Gasteiger partial charge on any atom is -0.481 e. The molecule has 1 aliphatic rings. The van der Waals surface area contributed by atoms with Crippen LogP contribution in [0, 0.1) is 0 Å². The number of hydrogen-bond donors (Lipinski definition) is 0. The van der Waals surface area contributed by atoms with Crippen LogP contribution < -0.4 is 0 Å². The monoisotopic (exact) mass is 226 g/mol. The Hall–Kier alpha value is -1.06. The summed E-state index contributed by atoms with van der Waals surface area (Å²) < 4.78 is 11.1. The second-order valence-corrected chi connectivity index (χ2v) is 3.83. The molecule has 92 valence electrons. The van der Waals surface area contributed by atoms with Gasteiger partial charge in [0.1, 0.15) is 6.67 Å². The lowest BCUT2D eigenvalue weighted by Gasteiger charge is -2.15. The average molecular weight is 226 g/mol. The topological polar surface area (TPSA) is 43.2 Å². The van der Waals surface area contributed by atoms with E-state index in [1.54, 1.807) is 0 Å². The van der Waals surface area contributed by atoms with E-state index >= 15 is 0 Å². The first-order chi connectivity index (χ1) is 7.86. The van der Waals surface area contributed by atoms with Crippen molar-refractivity contribution in [3.8, 4) is 0 Å². The van der Waals surface area contributed by atoms with Crippen LogP contribution in [0.15, 0.2) is 9.98 Å². The van der Waals surface area contributed by atoms with Gasteiger partial charge in [-0.05, 0) is 12.8 Å². The van der Waals surface area contributed by atoms with Crippen molar-refractivity contribution >= 4 is 11.8 Å². The van der Waals surface area contributed by atoms with Crippen LogP contribution in [0.2, 0.25) is 0 Å². The molecule has 0 radical (unpaired) electrons. The van der Waals surface area contributed by atoms with Gasteiger partial charge in [-0.2, -0.15) is 0 Å². The maximum absolute atomic E-state index is 5.55. The Balaban J connectivity index is 2.18. The molecule has 1 aliphatic heterocycles. The number of rotatable bonds is 6. The van der Waals surface area contributed by atoms with E-state index in [1.165, 1.54) is 0 Å². The molecule has 0 fully saturated rings. The summed E-state index contributed by atoms with van der Waals surface area (Å²) in [5.41, 5.74) is 0. The summed E-state index contributed by atoms with van der Waals surface area (Å²) in [7, 11) is 0. The van der Waals surface area contributed by atoms with Crippen LogP contribution in [-0.4, -0.2) is 31.7 Å². The SMILES string of the molecule is CCCCOC1=NCN=C(OCCCC)C1. The second kappa shape index (κ2) is 8.13. The molecule has 0 atom stereocenters. The van der Waals surface area contributed by atoms with Crippen molar-refractivity contribution in [3.63, 3.8) is 0 Å². The third-order valence-corrected chi connectivity index (χ3v) is 2.33. The maximum atomic E-state index is 5.55. The quantitative estimate of drug-likeness (QED) is 0.654. The summed E-state index contributed by atoms with van der Waals surface area (Å²) in [6, 6.07) is 0. The Morgan fingerprint density at radius 2 is 1.44 bits per heavy atom. The van der Waals surface area contributed by atoms with Gasteiger partial charge in [0.15, 0.2) is 11.8 Å². The molecule has 0 amide bonds. The van der Waals surface area contributed by atoms with Crippen LogP contribution in [-0.2, 0) is 9.47 Å². The standard InChI is InChI=1S/C12H22N2O2/c1-3-5-7-15-11-9-12(14-10-13-11)16-8-6-4-2/h3-10H2,1-2H3. The maximum Gasteiger partial charge on any atom is 0.194 e. The zero-order valence-electron chi connectivity index (χ0n) is 10.4. The largest absolute Gasteiger partial charge is 0.481 e. The van der Waals surface area contributed by atoms with Gasteiger partial charge >= 0.3 is 0 Å². The Kier molecular flexibility index (Phi) is 6.61. The van der Waals surface area contributed by atoms with Crippen molar-refractivity contribution in [2.24, 2.45) is 9.98 Å². The van der Waals surface area contributed by atoms with Gasteiger partial charge in [0.2, 0.25) is 0 Å².